The van der Waals surface area contributed by atoms with Crippen LogP contribution < -0.4 is 10.2 Å². The number of aliphatic imine (C=N–C) groups is 1. The molecule has 1 unspecified atom stereocenters. The van der Waals surface area contributed by atoms with Crippen molar-refractivity contribution in [2.75, 3.05) is 6.61 Å². The van der Waals surface area contributed by atoms with Crippen molar-refractivity contribution in [1.29, 1.82) is 0 Å². The summed E-state index contributed by atoms with van der Waals surface area (Å²) in [6.07, 6.45) is 1.16. The van der Waals surface area contributed by atoms with Crippen molar-refractivity contribution in [3.05, 3.63) is 53.4 Å². The lowest BCUT2D eigenvalue weighted by atomic mass is 10.3. The lowest BCUT2D eigenvalue weighted by Crippen LogP contribution is -2.44. The van der Waals surface area contributed by atoms with E-state index >= 15 is 0 Å². The van der Waals surface area contributed by atoms with Gasteiger partial charge < -0.3 is 9.15 Å². The van der Waals surface area contributed by atoms with Crippen LogP contribution in [0.1, 0.15) is 18.8 Å². The smallest absolute Gasteiger partial charge is 0.280 e. The fraction of sp³-hybridized carbons (Fsp3) is 0.200. The van der Waals surface area contributed by atoms with Crippen molar-refractivity contribution in [2.45, 2.75) is 13.1 Å². The van der Waals surface area contributed by atoms with Crippen LogP contribution in [0.2, 0.25) is 5.02 Å². The Hall–Kier alpha value is -2.31. The maximum Gasteiger partial charge on any atom is 0.280 e. The largest absolute Gasteiger partial charge is 0.482 e. The molecule has 114 valence electrons. The predicted octanol–water partition coefficient (Wildman–Crippen LogP) is 2.78. The van der Waals surface area contributed by atoms with Crippen LogP contribution in [0.15, 0.2) is 52.1 Å². The number of hydrazine groups is 1. The summed E-state index contributed by atoms with van der Waals surface area (Å²) < 4.78 is 10.7. The molecular formula is C15H14ClN3O3. The summed E-state index contributed by atoms with van der Waals surface area (Å²) in [7, 11) is 0. The zero-order valence-electron chi connectivity index (χ0n) is 11.8. The molecule has 2 aromatic rings. The average Bonchev–Trinajstić information content (AvgIpc) is 3.15. The van der Waals surface area contributed by atoms with Gasteiger partial charge >= 0.3 is 0 Å². The number of carbonyl (C=O) groups is 1. The van der Waals surface area contributed by atoms with Crippen LogP contribution in [0.4, 0.5) is 0 Å². The molecule has 1 aromatic heterocycles. The Kier molecular flexibility index (Phi) is 4.13. The van der Waals surface area contributed by atoms with Crippen molar-refractivity contribution in [1.82, 2.24) is 10.4 Å². The Morgan fingerprint density at radius 3 is 2.95 bits per heavy atom. The van der Waals surface area contributed by atoms with Crippen molar-refractivity contribution in [2.24, 2.45) is 4.99 Å². The number of amidine groups is 1. The first kappa shape index (κ1) is 14.6. The Balaban J connectivity index is 1.62. The van der Waals surface area contributed by atoms with E-state index in [2.05, 4.69) is 10.4 Å². The number of nitrogens with zero attached hydrogens (tertiary/aromatic N) is 2. The first-order valence-electron chi connectivity index (χ1n) is 6.69. The van der Waals surface area contributed by atoms with Crippen LogP contribution in [0.3, 0.4) is 0 Å². The number of nitrogens with one attached hydrogen (secondary N) is 1. The van der Waals surface area contributed by atoms with Gasteiger partial charge in [-0.2, -0.15) is 5.43 Å². The van der Waals surface area contributed by atoms with Crippen molar-refractivity contribution >= 4 is 23.3 Å². The standard InChI is InChI=1S/C15H14ClN3O3/c1-10-17-15(13-7-4-8-21-13)18-19(10)14(20)9-22-12-6-3-2-5-11(12)16/h2-8,15,18H,9H2,1H3. The summed E-state index contributed by atoms with van der Waals surface area (Å²) >= 11 is 5.99. The third kappa shape index (κ3) is 2.98. The molecule has 6 nitrogen and oxygen atoms in total. The summed E-state index contributed by atoms with van der Waals surface area (Å²) in [4.78, 5) is 16.6. The molecule has 0 aliphatic carbocycles. The molecule has 0 bridgehead atoms. The van der Waals surface area contributed by atoms with Crippen LogP contribution >= 0.6 is 11.6 Å². The van der Waals surface area contributed by atoms with Crippen LogP contribution in [0.25, 0.3) is 0 Å². The summed E-state index contributed by atoms with van der Waals surface area (Å²) in [6.45, 7) is 1.60. The molecule has 1 aromatic carbocycles. The highest BCUT2D eigenvalue weighted by Gasteiger charge is 2.29. The van der Waals surface area contributed by atoms with Gasteiger partial charge in [0.25, 0.3) is 5.91 Å². The van der Waals surface area contributed by atoms with Gasteiger partial charge in [0.05, 0.1) is 11.3 Å². The molecule has 1 atom stereocenters. The second-order valence-electron chi connectivity index (χ2n) is 4.67. The first-order chi connectivity index (χ1) is 10.6. The molecule has 1 aliphatic rings. The zero-order valence-corrected chi connectivity index (χ0v) is 12.6. The molecule has 0 spiro atoms. The molecule has 22 heavy (non-hydrogen) atoms. The minimum Gasteiger partial charge on any atom is -0.482 e. The third-order valence-corrected chi connectivity index (χ3v) is 3.45. The summed E-state index contributed by atoms with van der Waals surface area (Å²) in [5.41, 5.74) is 2.97. The van der Waals surface area contributed by atoms with Gasteiger partial charge in [-0.1, -0.05) is 23.7 Å². The van der Waals surface area contributed by atoms with Gasteiger partial charge in [0.2, 0.25) is 0 Å². The highest BCUT2D eigenvalue weighted by Crippen LogP contribution is 2.24. The highest BCUT2D eigenvalue weighted by molar-refractivity contribution is 6.32. The maximum atomic E-state index is 12.2. The van der Waals surface area contributed by atoms with E-state index in [1.54, 1.807) is 49.6 Å². The number of carbonyl (C=O) groups excluding carboxylic acids is 1. The summed E-state index contributed by atoms with van der Waals surface area (Å²) in [6, 6.07) is 10.6. The van der Waals surface area contributed by atoms with Gasteiger partial charge in [0.15, 0.2) is 12.8 Å². The van der Waals surface area contributed by atoms with Crippen molar-refractivity contribution < 1.29 is 13.9 Å². The van der Waals surface area contributed by atoms with Crippen molar-refractivity contribution in [3.8, 4) is 5.75 Å². The lowest BCUT2D eigenvalue weighted by molar-refractivity contribution is -0.131. The van der Waals surface area contributed by atoms with Crippen LogP contribution in [-0.4, -0.2) is 23.4 Å². The van der Waals surface area contributed by atoms with E-state index in [-0.39, 0.29) is 12.5 Å². The number of para-hydroxylation sites is 1. The zero-order chi connectivity index (χ0) is 15.5. The second kappa shape index (κ2) is 6.21. The van der Waals surface area contributed by atoms with Gasteiger partial charge in [-0.15, -0.1) is 0 Å². The quantitative estimate of drug-likeness (QED) is 0.941. The SMILES string of the molecule is CC1=NC(c2ccco2)NN1C(=O)COc1ccccc1Cl. The molecule has 1 aliphatic heterocycles. The Morgan fingerprint density at radius 2 is 2.23 bits per heavy atom. The van der Waals surface area contributed by atoms with Gasteiger partial charge in [-0.25, -0.2) is 10.0 Å². The normalized spacial score (nSPS) is 17.5. The topological polar surface area (TPSA) is 67.1 Å². The van der Waals surface area contributed by atoms with Gasteiger partial charge in [0, 0.05) is 0 Å². The number of furan rings is 1. The minimum atomic E-state index is -0.403. The van der Waals surface area contributed by atoms with Gasteiger partial charge in [-0.05, 0) is 31.2 Å². The van der Waals surface area contributed by atoms with E-state index in [0.717, 1.165) is 0 Å². The van der Waals surface area contributed by atoms with Gasteiger partial charge in [-0.3, -0.25) is 4.79 Å². The van der Waals surface area contributed by atoms with Gasteiger partial charge in [0.1, 0.15) is 17.3 Å². The highest BCUT2D eigenvalue weighted by atomic mass is 35.5. The number of hydrogen-bond donors (Lipinski definition) is 1. The third-order valence-electron chi connectivity index (χ3n) is 3.14. The number of ether oxygens (including phenoxy) is 1. The number of amides is 1. The predicted molar refractivity (Wildman–Crippen MR) is 81.5 cm³/mol. The Bertz CT molecular complexity index is 700. The van der Waals surface area contributed by atoms with E-state index in [1.807, 2.05) is 0 Å². The van der Waals surface area contributed by atoms with Crippen LogP contribution in [-0.2, 0) is 4.79 Å². The molecule has 1 N–H and O–H groups in total. The second-order valence-corrected chi connectivity index (χ2v) is 5.08. The molecule has 7 heteroatoms. The van der Waals surface area contributed by atoms with E-state index in [0.29, 0.717) is 22.4 Å². The fourth-order valence-electron chi connectivity index (χ4n) is 2.08. The average molecular weight is 320 g/mol. The molecule has 1 amide bonds. The van der Waals surface area contributed by atoms with E-state index in [4.69, 9.17) is 20.8 Å². The molecular weight excluding hydrogens is 306 g/mol. The monoisotopic (exact) mass is 319 g/mol. The number of benzene rings is 1. The molecule has 0 saturated heterocycles. The molecule has 0 radical (unpaired) electrons. The van der Waals surface area contributed by atoms with Crippen molar-refractivity contribution in [3.63, 3.8) is 0 Å². The van der Waals surface area contributed by atoms with Crippen LogP contribution in [0.5, 0.6) is 5.75 Å². The van der Waals surface area contributed by atoms with E-state index in [1.165, 1.54) is 5.01 Å². The Morgan fingerprint density at radius 1 is 1.41 bits per heavy atom. The number of halogens is 1. The number of rotatable bonds is 4. The van der Waals surface area contributed by atoms with E-state index < -0.39 is 6.17 Å². The fourth-order valence-corrected chi connectivity index (χ4v) is 2.27. The maximum absolute atomic E-state index is 12.2. The number of hydrogen-bond acceptors (Lipinski definition) is 5. The summed E-state index contributed by atoms with van der Waals surface area (Å²) in [5, 5.41) is 1.81. The minimum absolute atomic E-state index is 0.144. The molecule has 3 rings (SSSR count). The van der Waals surface area contributed by atoms with E-state index in [9.17, 15) is 4.79 Å². The molecule has 0 fully saturated rings. The lowest BCUT2D eigenvalue weighted by Gasteiger charge is -2.18. The molecule has 0 saturated carbocycles. The Labute approximate surface area is 132 Å². The molecule has 2 heterocycles. The summed E-state index contributed by atoms with van der Waals surface area (Å²) in [5.74, 6) is 1.39. The first-order valence-corrected chi connectivity index (χ1v) is 7.07. The van der Waals surface area contributed by atoms with Crippen LogP contribution in [0, 0.1) is 0 Å².